The number of carbonyl (C=O) groups excluding carboxylic acids is 1. The van der Waals surface area contributed by atoms with Gasteiger partial charge in [0, 0.05) is 25.2 Å². The van der Waals surface area contributed by atoms with Crippen LogP contribution in [0.5, 0.6) is 0 Å². The van der Waals surface area contributed by atoms with E-state index in [0.717, 1.165) is 36.6 Å². The van der Waals surface area contributed by atoms with Gasteiger partial charge in [-0.3, -0.25) is 9.89 Å². The van der Waals surface area contributed by atoms with Gasteiger partial charge < -0.3 is 10.2 Å². The van der Waals surface area contributed by atoms with Gasteiger partial charge in [0.05, 0.1) is 17.0 Å². The van der Waals surface area contributed by atoms with Crippen molar-refractivity contribution in [1.29, 1.82) is 0 Å². The third-order valence-corrected chi connectivity index (χ3v) is 5.58. The number of aryl methyl sites for hydroxylation is 1. The van der Waals surface area contributed by atoms with Crippen LogP contribution in [0.25, 0.3) is 10.6 Å². The van der Waals surface area contributed by atoms with E-state index in [2.05, 4.69) is 44.0 Å². The first kappa shape index (κ1) is 16.8. The first-order valence-corrected chi connectivity index (χ1v) is 9.74. The zero-order chi connectivity index (χ0) is 17.9. The minimum atomic E-state index is 0.0868. The van der Waals surface area contributed by atoms with Crippen LogP contribution < -0.4 is 10.2 Å². The Bertz CT molecular complexity index is 887. The molecule has 1 amide bonds. The summed E-state index contributed by atoms with van der Waals surface area (Å²) < 4.78 is 0. The average molecular weight is 366 g/mol. The van der Waals surface area contributed by atoms with E-state index in [1.165, 1.54) is 10.4 Å². The van der Waals surface area contributed by atoms with E-state index in [9.17, 15) is 4.79 Å². The molecule has 5 nitrogen and oxygen atoms in total. The molecule has 0 radical (unpaired) electrons. The number of aromatic nitrogens is 2. The lowest BCUT2D eigenvalue weighted by atomic mass is 10.1. The highest BCUT2D eigenvalue weighted by Gasteiger charge is 2.25. The zero-order valence-electron chi connectivity index (χ0n) is 14.7. The second-order valence-electron chi connectivity index (χ2n) is 6.78. The number of rotatable bonds is 5. The molecule has 0 bridgehead atoms. The monoisotopic (exact) mass is 366 g/mol. The predicted molar refractivity (Wildman–Crippen MR) is 106 cm³/mol. The molecule has 3 heterocycles. The number of H-pyrrole nitrogens is 1. The van der Waals surface area contributed by atoms with E-state index in [-0.39, 0.29) is 11.9 Å². The number of aromatic amines is 1. The summed E-state index contributed by atoms with van der Waals surface area (Å²) in [6, 6.07) is 14.5. The number of carbonyl (C=O) groups is 1. The maximum absolute atomic E-state index is 12.3. The van der Waals surface area contributed by atoms with Crippen LogP contribution in [-0.4, -0.2) is 35.2 Å². The Hall–Kier alpha value is -2.60. The summed E-state index contributed by atoms with van der Waals surface area (Å²) in [6.07, 6.45) is 1.38. The molecule has 1 aliphatic heterocycles. The first-order valence-electron chi connectivity index (χ1n) is 8.86. The van der Waals surface area contributed by atoms with Gasteiger partial charge in [-0.1, -0.05) is 35.9 Å². The maximum Gasteiger partial charge on any atom is 0.224 e. The van der Waals surface area contributed by atoms with Crippen LogP contribution in [0.4, 0.5) is 5.82 Å². The third kappa shape index (κ3) is 3.80. The van der Waals surface area contributed by atoms with E-state index in [0.29, 0.717) is 6.42 Å². The van der Waals surface area contributed by atoms with Crippen LogP contribution in [0.2, 0.25) is 0 Å². The summed E-state index contributed by atoms with van der Waals surface area (Å²) in [6.45, 7) is 3.75. The molecule has 1 saturated heterocycles. The van der Waals surface area contributed by atoms with E-state index >= 15 is 0 Å². The Morgan fingerprint density at radius 1 is 1.35 bits per heavy atom. The Morgan fingerprint density at radius 3 is 3.08 bits per heavy atom. The van der Waals surface area contributed by atoms with Gasteiger partial charge in [0.2, 0.25) is 5.91 Å². The zero-order valence-corrected chi connectivity index (χ0v) is 15.6. The van der Waals surface area contributed by atoms with Gasteiger partial charge in [-0.25, -0.2) is 0 Å². The van der Waals surface area contributed by atoms with Crippen molar-refractivity contribution in [3.05, 3.63) is 59.0 Å². The van der Waals surface area contributed by atoms with Crippen LogP contribution in [0.15, 0.2) is 47.8 Å². The van der Waals surface area contributed by atoms with Crippen LogP contribution >= 0.6 is 11.3 Å². The fourth-order valence-electron chi connectivity index (χ4n) is 3.40. The second-order valence-corrected chi connectivity index (χ2v) is 7.73. The SMILES string of the molecule is Cc1cccc(CC(=O)N[C@H]2CCN(c3cc(-c4cccs4)[nH]n3)C2)c1. The molecule has 1 aromatic carbocycles. The van der Waals surface area contributed by atoms with Crippen LogP contribution in [0.3, 0.4) is 0 Å². The summed E-state index contributed by atoms with van der Waals surface area (Å²) >= 11 is 1.70. The molecule has 0 unspecified atom stereocenters. The summed E-state index contributed by atoms with van der Waals surface area (Å²) in [7, 11) is 0. The van der Waals surface area contributed by atoms with Crippen LogP contribution in [0, 0.1) is 6.92 Å². The van der Waals surface area contributed by atoms with Crippen molar-refractivity contribution in [3.8, 4) is 10.6 Å². The molecule has 0 aliphatic carbocycles. The number of anilines is 1. The summed E-state index contributed by atoms with van der Waals surface area (Å²) in [5.74, 6) is 1.03. The molecule has 0 saturated carbocycles. The minimum absolute atomic E-state index is 0.0868. The molecule has 3 aromatic rings. The summed E-state index contributed by atoms with van der Waals surface area (Å²) in [4.78, 5) is 15.7. The van der Waals surface area contributed by atoms with Gasteiger partial charge in [0.1, 0.15) is 0 Å². The minimum Gasteiger partial charge on any atom is -0.353 e. The number of amides is 1. The average Bonchev–Trinajstić information content (AvgIpc) is 3.35. The fourth-order valence-corrected chi connectivity index (χ4v) is 4.10. The van der Waals surface area contributed by atoms with E-state index in [4.69, 9.17) is 0 Å². The number of hydrogen-bond donors (Lipinski definition) is 2. The van der Waals surface area contributed by atoms with Gasteiger partial charge in [-0.2, -0.15) is 5.10 Å². The highest BCUT2D eigenvalue weighted by atomic mass is 32.1. The van der Waals surface area contributed by atoms with Crippen molar-refractivity contribution in [1.82, 2.24) is 15.5 Å². The van der Waals surface area contributed by atoms with Gasteiger partial charge in [0.15, 0.2) is 5.82 Å². The Morgan fingerprint density at radius 2 is 2.27 bits per heavy atom. The normalized spacial score (nSPS) is 16.8. The second kappa shape index (κ2) is 7.33. The fraction of sp³-hybridized carbons (Fsp3) is 0.300. The molecule has 2 aromatic heterocycles. The number of nitrogens with one attached hydrogen (secondary N) is 2. The smallest absolute Gasteiger partial charge is 0.224 e. The molecule has 1 fully saturated rings. The van der Waals surface area contributed by atoms with Crippen LogP contribution in [-0.2, 0) is 11.2 Å². The van der Waals surface area contributed by atoms with E-state index < -0.39 is 0 Å². The number of thiophene rings is 1. The van der Waals surface area contributed by atoms with Gasteiger partial charge in [-0.05, 0) is 30.4 Å². The largest absolute Gasteiger partial charge is 0.353 e. The standard InChI is InChI=1S/C20H22N4OS/c1-14-4-2-5-15(10-14)11-20(25)21-16-7-8-24(13-16)19-12-17(22-23-19)18-6-3-9-26-18/h2-6,9-10,12,16H,7-8,11,13H2,1H3,(H,21,25)(H,22,23)/t16-/m0/s1. The molecule has 2 N–H and O–H groups in total. The molecule has 1 atom stereocenters. The predicted octanol–water partition coefficient (Wildman–Crippen LogP) is 3.38. The molecule has 4 rings (SSSR count). The summed E-state index contributed by atoms with van der Waals surface area (Å²) in [5, 5.41) is 12.8. The number of nitrogens with zero attached hydrogens (tertiary/aromatic N) is 2. The molecular formula is C20H22N4OS. The number of hydrogen-bond acceptors (Lipinski definition) is 4. The van der Waals surface area contributed by atoms with Crippen molar-refractivity contribution in [2.24, 2.45) is 0 Å². The summed E-state index contributed by atoms with van der Waals surface area (Å²) in [5.41, 5.74) is 3.29. The van der Waals surface area contributed by atoms with E-state index in [1.807, 2.05) is 31.2 Å². The highest BCUT2D eigenvalue weighted by molar-refractivity contribution is 7.13. The number of benzene rings is 1. The van der Waals surface area contributed by atoms with Crippen molar-refractivity contribution < 1.29 is 4.79 Å². The van der Waals surface area contributed by atoms with Crippen molar-refractivity contribution in [2.75, 3.05) is 18.0 Å². The van der Waals surface area contributed by atoms with Crippen molar-refractivity contribution in [2.45, 2.75) is 25.8 Å². The lowest BCUT2D eigenvalue weighted by Crippen LogP contribution is -2.38. The van der Waals surface area contributed by atoms with Gasteiger partial charge in [0.25, 0.3) is 0 Å². The Labute approximate surface area is 157 Å². The van der Waals surface area contributed by atoms with E-state index in [1.54, 1.807) is 11.3 Å². The maximum atomic E-state index is 12.3. The third-order valence-electron chi connectivity index (χ3n) is 4.68. The Kier molecular flexibility index (Phi) is 4.75. The van der Waals surface area contributed by atoms with Crippen LogP contribution in [0.1, 0.15) is 17.5 Å². The molecule has 6 heteroatoms. The van der Waals surface area contributed by atoms with Crippen molar-refractivity contribution >= 4 is 23.1 Å². The topological polar surface area (TPSA) is 61.0 Å². The van der Waals surface area contributed by atoms with Gasteiger partial charge in [-0.15, -0.1) is 11.3 Å². The molecule has 134 valence electrons. The lowest BCUT2D eigenvalue weighted by molar-refractivity contribution is -0.121. The van der Waals surface area contributed by atoms with Gasteiger partial charge >= 0.3 is 0 Å². The Balaban J connectivity index is 1.33. The molecule has 0 spiro atoms. The quantitative estimate of drug-likeness (QED) is 0.728. The molecular weight excluding hydrogens is 344 g/mol. The molecule has 1 aliphatic rings. The highest BCUT2D eigenvalue weighted by Crippen LogP contribution is 2.27. The molecule has 26 heavy (non-hydrogen) atoms. The van der Waals surface area contributed by atoms with Crippen molar-refractivity contribution in [3.63, 3.8) is 0 Å². The lowest BCUT2D eigenvalue weighted by Gasteiger charge is -2.16. The first-order chi connectivity index (χ1) is 12.7.